The van der Waals surface area contributed by atoms with E-state index in [2.05, 4.69) is 46.5 Å². The minimum atomic E-state index is -0.237. The highest BCUT2D eigenvalue weighted by Crippen LogP contribution is 2.41. The third-order valence-corrected chi connectivity index (χ3v) is 7.03. The van der Waals surface area contributed by atoms with Crippen LogP contribution < -0.4 is 10.6 Å². The van der Waals surface area contributed by atoms with Crippen LogP contribution in [0.3, 0.4) is 0 Å². The van der Waals surface area contributed by atoms with Gasteiger partial charge >= 0.3 is 0 Å². The van der Waals surface area contributed by atoms with E-state index in [0.29, 0.717) is 10.7 Å². The first-order valence-electron chi connectivity index (χ1n) is 9.35. The number of carbonyl (C=O) groups excluding carboxylic acids is 1. The number of nitrogens with one attached hydrogen (secondary N) is 2. The summed E-state index contributed by atoms with van der Waals surface area (Å²) in [5, 5.41) is 12.5. The molecule has 0 saturated carbocycles. The third-order valence-electron chi connectivity index (χ3n) is 5.05. The molecular formula is C20H20N6OS2. The van der Waals surface area contributed by atoms with Crippen LogP contribution in [0.5, 0.6) is 0 Å². The topological polar surface area (TPSA) is 84.7 Å². The predicted molar refractivity (Wildman–Crippen MR) is 117 cm³/mol. The van der Waals surface area contributed by atoms with Gasteiger partial charge in [0.15, 0.2) is 5.13 Å². The van der Waals surface area contributed by atoms with Crippen LogP contribution in [0.25, 0.3) is 10.2 Å². The van der Waals surface area contributed by atoms with Crippen molar-refractivity contribution in [2.45, 2.75) is 38.8 Å². The minimum Gasteiger partial charge on any atom is -0.360 e. The summed E-state index contributed by atoms with van der Waals surface area (Å²) < 4.78 is 2.94. The Labute approximate surface area is 175 Å². The largest absolute Gasteiger partial charge is 0.360 e. The van der Waals surface area contributed by atoms with Gasteiger partial charge in [0.25, 0.3) is 5.91 Å². The fourth-order valence-corrected chi connectivity index (χ4v) is 5.37. The molecule has 7 nitrogen and oxygen atoms in total. The molecule has 3 aromatic heterocycles. The summed E-state index contributed by atoms with van der Waals surface area (Å²) in [5.41, 5.74) is 1.15. The van der Waals surface area contributed by atoms with Gasteiger partial charge in [-0.05, 0) is 39.3 Å². The SMILES string of the molecule is Cc1cnc(C2CC(C)(C)n3ncc(C(=O)Nc4nc5ccccc5s4)c3N2)s1. The van der Waals surface area contributed by atoms with Crippen molar-refractivity contribution in [2.24, 2.45) is 0 Å². The molecule has 1 atom stereocenters. The van der Waals surface area contributed by atoms with Gasteiger partial charge in [-0.25, -0.2) is 14.6 Å². The molecule has 1 aliphatic heterocycles. The van der Waals surface area contributed by atoms with Crippen LogP contribution in [0.1, 0.15) is 46.6 Å². The van der Waals surface area contributed by atoms with Gasteiger partial charge in [0.05, 0.1) is 28.0 Å². The summed E-state index contributed by atoms with van der Waals surface area (Å²) in [6, 6.07) is 7.88. The molecule has 1 amide bonds. The van der Waals surface area contributed by atoms with Crippen LogP contribution in [0.4, 0.5) is 10.9 Å². The lowest BCUT2D eigenvalue weighted by Gasteiger charge is -2.37. The molecule has 29 heavy (non-hydrogen) atoms. The zero-order valence-corrected chi connectivity index (χ0v) is 17.9. The Hall–Kier alpha value is -2.78. The quantitative estimate of drug-likeness (QED) is 0.493. The molecule has 0 spiro atoms. The molecule has 0 bridgehead atoms. The van der Waals surface area contributed by atoms with Crippen LogP contribution >= 0.6 is 22.7 Å². The van der Waals surface area contributed by atoms with Crippen molar-refractivity contribution >= 4 is 49.7 Å². The van der Waals surface area contributed by atoms with Crippen molar-refractivity contribution < 1.29 is 4.79 Å². The summed E-state index contributed by atoms with van der Waals surface area (Å²) in [4.78, 5) is 23.3. The second-order valence-electron chi connectivity index (χ2n) is 7.78. The lowest BCUT2D eigenvalue weighted by atomic mass is 9.93. The van der Waals surface area contributed by atoms with E-state index in [4.69, 9.17) is 0 Å². The fourth-order valence-electron chi connectivity index (χ4n) is 3.69. The normalized spacial score (nSPS) is 17.7. The van der Waals surface area contributed by atoms with Gasteiger partial charge in [-0.15, -0.1) is 11.3 Å². The first kappa shape index (κ1) is 18.3. The van der Waals surface area contributed by atoms with E-state index < -0.39 is 0 Å². The second-order valence-corrected chi connectivity index (χ2v) is 10.1. The number of carbonyl (C=O) groups is 1. The molecular weight excluding hydrogens is 404 g/mol. The Morgan fingerprint density at radius 1 is 1.28 bits per heavy atom. The molecule has 1 aromatic carbocycles. The summed E-state index contributed by atoms with van der Waals surface area (Å²) >= 11 is 3.14. The van der Waals surface area contributed by atoms with Gasteiger partial charge in [-0.1, -0.05) is 23.5 Å². The van der Waals surface area contributed by atoms with Gasteiger partial charge in [0.1, 0.15) is 16.4 Å². The smallest absolute Gasteiger partial charge is 0.262 e. The number of nitrogens with zero attached hydrogens (tertiary/aromatic N) is 4. The van der Waals surface area contributed by atoms with Crippen LogP contribution in [0.2, 0.25) is 0 Å². The summed E-state index contributed by atoms with van der Waals surface area (Å²) in [7, 11) is 0. The maximum Gasteiger partial charge on any atom is 0.262 e. The van der Waals surface area contributed by atoms with Crippen molar-refractivity contribution in [1.29, 1.82) is 0 Å². The number of benzene rings is 1. The predicted octanol–water partition coefficient (Wildman–Crippen LogP) is 4.80. The van der Waals surface area contributed by atoms with E-state index in [1.54, 1.807) is 17.5 Å². The maximum absolute atomic E-state index is 13.0. The van der Waals surface area contributed by atoms with E-state index in [1.165, 1.54) is 16.2 Å². The summed E-state index contributed by atoms with van der Waals surface area (Å²) in [6.45, 7) is 6.32. The number of hydrogen-bond donors (Lipinski definition) is 2. The van der Waals surface area contributed by atoms with Gasteiger partial charge in [0.2, 0.25) is 0 Å². The zero-order valence-electron chi connectivity index (χ0n) is 16.3. The number of aromatic nitrogens is 4. The highest BCUT2D eigenvalue weighted by Gasteiger charge is 2.37. The molecule has 4 aromatic rings. The monoisotopic (exact) mass is 424 g/mol. The van der Waals surface area contributed by atoms with Gasteiger partial charge < -0.3 is 5.32 Å². The van der Waals surface area contributed by atoms with E-state index >= 15 is 0 Å². The molecule has 0 aliphatic carbocycles. The van der Waals surface area contributed by atoms with E-state index in [0.717, 1.165) is 27.5 Å². The maximum atomic E-state index is 13.0. The van der Waals surface area contributed by atoms with Gasteiger partial charge in [0, 0.05) is 11.1 Å². The second kappa shape index (κ2) is 6.64. The van der Waals surface area contributed by atoms with Crippen molar-refractivity contribution in [2.75, 3.05) is 10.6 Å². The van der Waals surface area contributed by atoms with E-state index in [9.17, 15) is 4.79 Å². The highest BCUT2D eigenvalue weighted by molar-refractivity contribution is 7.22. The Balaban J connectivity index is 1.46. The van der Waals surface area contributed by atoms with Gasteiger partial charge in [-0.3, -0.25) is 10.1 Å². The van der Waals surface area contributed by atoms with Crippen molar-refractivity contribution in [3.05, 3.63) is 52.1 Å². The van der Waals surface area contributed by atoms with Crippen LogP contribution in [-0.2, 0) is 5.54 Å². The molecule has 0 saturated heterocycles. The number of hydrogen-bond acceptors (Lipinski definition) is 7. The Bertz CT molecular complexity index is 1190. The van der Waals surface area contributed by atoms with Crippen LogP contribution in [0.15, 0.2) is 36.7 Å². The number of thiazole rings is 2. The molecule has 5 rings (SSSR count). The number of aryl methyl sites for hydroxylation is 1. The standard InChI is InChI=1S/C20H20N6OS2/c1-11-9-21-18(28-11)14-8-20(2,3)26-16(23-14)12(10-22-26)17(27)25-19-24-13-6-4-5-7-15(13)29-19/h4-7,9-10,14,23H,8H2,1-3H3,(H,24,25,27). The molecule has 0 radical (unpaired) electrons. The fraction of sp³-hybridized carbons (Fsp3) is 0.300. The number of rotatable bonds is 3. The van der Waals surface area contributed by atoms with Crippen molar-refractivity contribution in [3.8, 4) is 0 Å². The molecule has 1 unspecified atom stereocenters. The molecule has 4 heterocycles. The lowest BCUT2D eigenvalue weighted by molar-refractivity contribution is 0.102. The summed E-state index contributed by atoms with van der Waals surface area (Å²) in [5.74, 6) is 0.502. The average molecular weight is 425 g/mol. The minimum absolute atomic E-state index is 0.0434. The lowest BCUT2D eigenvalue weighted by Crippen LogP contribution is -2.38. The Kier molecular flexibility index (Phi) is 4.18. The van der Waals surface area contributed by atoms with Crippen LogP contribution in [0, 0.1) is 6.92 Å². The Morgan fingerprint density at radius 3 is 2.86 bits per heavy atom. The van der Waals surface area contributed by atoms with Crippen molar-refractivity contribution in [3.63, 3.8) is 0 Å². The zero-order chi connectivity index (χ0) is 20.2. The molecule has 1 aliphatic rings. The number of anilines is 2. The van der Waals surface area contributed by atoms with Crippen LogP contribution in [-0.4, -0.2) is 25.7 Å². The number of fused-ring (bicyclic) bond motifs is 2. The highest BCUT2D eigenvalue weighted by atomic mass is 32.1. The van der Waals surface area contributed by atoms with Crippen molar-refractivity contribution in [1.82, 2.24) is 19.7 Å². The third kappa shape index (κ3) is 3.20. The van der Waals surface area contributed by atoms with E-state index in [1.807, 2.05) is 35.1 Å². The molecule has 2 N–H and O–H groups in total. The molecule has 148 valence electrons. The first-order valence-corrected chi connectivity index (χ1v) is 11.0. The van der Waals surface area contributed by atoms with Gasteiger partial charge in [-0.2, -0.15) is 5.10 Å². The molecule has 9 heteroatoms. The molecule has 0 fully saturated rings. The first-order chi connectivity index (χ1) is 13.9. The average Bonchev–Trinajstić information content (AvgIpc) is 3.38. The summed E-state index contributed by atoms with van der Waals surface area (Å²) in [6.07, 6.45) is 4.36. The Morgan fingerprint density at radius 2 is 2.10 bits per heavy atom. The number of amides is 1. The van der Waals surface area contributed by atoms with E-state index in [-0.39, 0.29) is 17.5 Å². The number of para-hydroxylation sites is 1.